The van der Waals surface area contributed by atoms with Gasteiger partial charge >= 0.3 is 0 Å². The van der Waals surface area contributed by atoms with Gasteiger partial charge in [-0.2, -0.15) is 0 Å². The largest absolute Gasteiger partial charge is 0.228 e. The van der Waals surface area contributed by atoms with Crippen LogP contribution in [0.15, 0.2) is 200 Å². The molecule has 10 aromatic rings. The van der Waals surface area contributed by atoms with E-state index < -0.39 is 0 Å². The predicted octanol–water partition coefficient (Wildman–Crippen LogP) is 13.9. The van der Waals surface area contributed by atoms with Crippen LogP contribution in [0.4, 0.5) is 0 Å². The van der Waals surface area contributed by atoms with E-state index in [1.807, 2.05) is 0 Å². The summed E-state index contributed by atoms with van der Waals surface area (Å²) in [6.45, 7) is 2.37. The van der Waals surface area contributed by atoms with E-state index in [1.54, 1.807) is 0 Å². The molecule has 1 heterocycles. The first kappa shape index (κ1) is 32.3. The fraction of sp³-hybridized carbons (Fsp3) is 0.0370. The number of aromatic nitrogens is 2. The molecule has 262 valence electrons. The smallest absolute Gasteiger partial charge is 0.160 e. The van der Waals surface area contributed by atoms with Gasteiger partial charge in [-0.1, -0.05) is 188 Å². The number of hydrogen-bond acceptors (Lipinski definition) is 2. The Morgan fingerprint density at radius 1 is 0.393 bits per heavy atom. The fourth-order valence-electron chi connectivity index (χ4n) is 9.29. The summed E-state index contributed by atoms with van der Waals surface area (Å²) in [5.74, 6) is 0.704. The molecule has 1 aromatic heterocycles. The minimum absolute atomic E-state index is 0.366. The first-order valence-corrected chi connectivity index (χ1v) is 19.3. The Kier molecular flexibility index (Phi) is 7.33. The number of fused-ring (bicyclic) bond motifs is 7. The number of rotatable bonds is 5. The molecule has 9 aromatic carbocycles. The quantitative estimate of drug-likeness (QED) is 0.131. The Labute approximate surface area is 326 Å². The molecule has 0 saturated carbocycles. The first-order valence-electron chi connectivity index (χ1n) is 19.3. The van der Waals surface area contributed by atoms with Gasteiger partial charge in [0.05, 0.1) is 11.4 Å². The van der Waals surface area contributed by atoms with Crippen molar-refractivity contribution in [2.45, 2.75) is 12.3 Å². The molecule has 0 bridgehead atoms. The lowest BCUT2D eigenvalue weighted by Crippen LogP contribution is -2.23. The van der Waals surface area contributed by atoms with Gasteiger partial charge in [-0.3, -0.25) is 0 Å². The van der Waals surface area contributed by atoms with Crippen LogP contribution < -0.4 is 0 Å². The van der Waals surface area contributed by atoms with E-state index >= 15 is 0 Å². The van der Waals surface area contributed by atoms with E-state index in [1.165, 1.54) is 71.3 Å². The third kappa shape index (κ3) is 4.96. The average molecular weight is 713 g/mol. The van der Waals surface area contributed by atoms with Crippen molar-refractivity contribution < 1.29 is 0 Å². The second-order valence-electron chi connectivity index (χ2n) is 15.0. The highest BCUT2D eigenvalue weighted by atomic mass is 14.9. The second-order valence-corrected chi connectivity index (χ2v) is 15.0. The zero-order valence-corrected chi connectivity index (χ0v) is 30.9. The molecule has 0 spiro atoms. The minimum atomic E-state index is -0.366. The molecule has 0 fully saturated rings. The lowest BCUT2D eigenvalue weighted by molar-refractivity contribution is 0.715. The van der Waals surface area contributed by atoms with Crippen molar-refractivity contribution in [3.05, 3.63) is 217 Å². The van der Waals surface area contributed by atoms with Gasteiger partial charge in [-0.25, -0.2) is 9.97 Å². The highest BCUT2D eigenvalue weighted by Crippen LogP contribution is 2.55. The van der Waals surface area contributed by atoms with Crippen molar-refractivity contribution in [3.8, 4) is 56.2 Å². The van der Waals surface area contributed by atoms with E-state index in [9.17, 15) is 0 Å². The molecule has 0 radical (unpaired) electrons. The summed E-state index contributed by atoms with van der Waals surface area (Å²) >= 11 is 0. The van der Waals surface area contributed by atoms with E-state index in [2.05, 4.69) is 207 Å². The molecule has 0 N–H and O–H groups in total. The van der Waals surface area contributed by atoms with E-state index in [0.717, 1.165) is 28.1 Å². The lowest BCUT2D eigenvalue weighted by atomic mass is 9.72. The highest BCUT2D eigenvalue weighted by molar-refractivity contribution is 6.22. The van der Waals surface area contributed by atoms with Crippen molar-refractivity contribution in [1.29, 1.82) is 0 Å². The Balaban J connectivity index is 1.11. The van der Waals surface area contributed by atoms with Crippen molar-refractivity contribution >= 4 is 32.3 Å². The van der Waals surface area contributed by atoms with Crippen LogP contribution in [0.3, 0.4) is 0 Å². The van der Waals surface area contributed by atoms with Crippen LogP contribution in [0.25, 0.3) is 88.5 Å². The van der Waals surface area contributed by atoms with Gasteiger partial charge in [0.15, 0.2) is 5.82 Å². The summed E-state index contributed by atoms with van der Waals surface area (Å²) in [5.41, 5.74) is 13.4. The maximum atomic E-state index is 5.43. The molecule has 2 nitrogen and oxygen atoms in total. The zero-order valence-electron chi connectivity index (χ0n) is 30.9. The topological polar surface area (TPSA) is 25.8 Å². The van der Waals surface area contributed by atoms with Crippen LogP contribution >= 0.6 is 0 Å². The molecule has 2 heteroatoms. The normalized spacial score (nSPS) is 14.6. The maximum absolute atomic E-state index is 5.43. The van der Waals surface area contributed by atoms with Crippen LogP contribution in [0, 0.1) is 0 Å². The minimum Gasteiger partial charge on any atom is -0.228 e. The standard InChI is InChI=1S/C54H36N2/c1-54(41-19-6-3-7-20-41)47-26-13-12-23-44(47)45-24-14-25-46(52(45)54)49-34-48(36-16-4-2-5-17-36)55-53(56-49)38-30-28-37(29-31-38)50-43-22-11-9-18-39(43)33-40-32-27-35-15-8-10-21-42(35)51(40)50/h2-34H,1H3. The Bertz CT molecular complexity index is 3130. The molecule has 1 aliphatic rings. The van der Waals surface area contributed by atoms with E-state index in [4.69, 9.17) is 9.97 Å². The predicted molar refractivity (Wildman–Crippen MR) is 234 cm³/mol. The van der Waals surface area contributed by atoms with Crippen LogP contribution in [-0.2, 0) is 5.41 Å². The van der Waals surface area contributed by atoms with Gasteiger partial charge in [-0.15, -0.1) is 0 Å². The summed E-state index contributed by atoms with van der Waals surface area (Å²) in [5, 5.41) is 7.50. The molecule has 11 rings (SSSR count). The van der Waals surface area contributed by atoms with Crippen molar-refractivity contribution in [3.63, 3.8) is 0 Å². The Hall–Kier alpha value is -7.16. The van der Waals surface area contributed by atoms with Gasteiger partial charge < -0.3 is 0 Å². The molecule has 0 amide bonds. The first-order chi connectivity index (χ1) is 27.6. The molecule has 56 heavy (non-hydrogen) atoms. The molecule has 0 saturated heterocycles. The number of hydrogen-bond donors (Lipinski definition) is 0. The van der Waals surface area contributed by atoms with Crippen molar-refractivity contribution in [1.82, 2.24) is 9.97 Å². The monoisotopic (exact) mass is 712 g/mol. The van der Waals surface area contributed by atoms with Crippen LogP contribution in [0.2, 0.25) is 0 Å². The lowest BCUT2D eigenvalue weighted by Gasteiger charge is -2.30. The van der Waals surface area contributed by atoms with E-state index in [0.29, 0.717) is 5.82 Å². The molecule has 0 aliphatic heterocycles. The molecule has 1 unspecified atom stereocenters. The van der Waals surface area contributed by atoms with Gasteiger partial charge in [0.1, 0.15) is 0 Å². The van der Waals surface area contributed by atoms with Gasteiger partial charge in [0.25, 0.3) is 0 Å². The zero-order chi connectivity index (χ0) is 37.2. The average Bonchev–Trinajstić information content (AvgIpc) is 3.55. The van der Waals surface area contributed by atoms with Crippen LogP contribution in [-0.4, -0.2) is 9.97 Å². The summed E-state index contributed by atoms with van der Waals surface area (Å²) in [6, 6.07) is 72.2. The molecule has 1 atom stereocenters. The summed E-state index contributed by atoms with van der Waals surface area (Å²) < 4.78 is 0. The third-order valence-corrected chi connectivity index (χ3v) is 11.9. The summed E-state index contributed by atoms with van der Waals surface area (Å²) in [4.78, 5) is 10.7. The Morgan fingerprint density at radius 3 is 1.82 bits per heavy atom. The Morgan fingerprint density at radius 2 is 1.00 bits per heavy atom. The molecule has 1 aliphatic carbocycles. The fourth-order valence-corrected chi connectivity index (χ4v) is 9.29. The van der Waals surface area contributed by atoms with Crippen molar-refractivity contribution in [2.75, 3.05) is 0 Å². The summed E-state index contributed by atoms with van der Waals surface area (Å²) in [6.07, 6.45) is 0. The third-order valence-electron chi connectivity index (χ3n) is 11.9. The molecular formula is C54H36N2. The number of benzene rings is 9. The van der Waals surface area contributed by atoms with E-state index in [-0.39, 0.29) is 5.41 Å². The summed E-state index contributed by atoms with van der Waals surface area (Å²) in [7, 11) is 0. The highest BCUT2D eigenvalue weighted by Gasteiger charge is 2.42. The van der Waals surface area contributed by atoms with Gasteiger partial charge in [0.2, 0.25) is 0 Å². The van der Waals surface area contributed by atoms with Crippen LogP contribution in [0.1, 0.15) is 23.6 Å². The van der Waals surface area contributed by atoms with Crippen LogP contribution in [0.5, 0.6) is 0 Å². The molecular weight excluding hydrogens is 677 g/mol. The number of nitrogens with zero attached hydrogens (tertiary/aromatic N) is 2. The van der Waals surface area contributed by atoms with Gasteiger partial charge in [0, 0.05) is 22.1 Å². The van der Waals surface area contributed by atoms with Gasteiger partial charge in [-0.05, 0) is 90.3 Å². The SMILES string of the molecule is CC1(c2ccccc2)c2ccccc2-c2cccc(-c3cc(-c4ccccc4)nc(-c4ccc(-c5c6ccccc6cc6ccc7ccccc7c56)cc4)n3)c21. The second kappa shape index (κ2) is 12.7. The van der Waals surface area contributed by atoms with Crippen molar-refractivity contribution in [2.24, 2.45) is 0 Å². The maximum Gasteiger partial charge on any atom is 0.160 e.